The molecule has 0 fully saturated rings. The highest BCUT2D eigenvalue weighted by Gasteiger charge is 2.30. The molecule has 1 atom stereocenters. The van der Waals surface area contributed by atoms with Gasteiger partial charge in [0.1, 0.15) is 23.4 Å². The molecule has 0 saturated heterocycles. The molecule has 0 saturated carbocycles. The molecule has 3 aromatic heterocycles. The van der Waals surface area contributed by atoms with Gasteiger partial charge < -0.3 is 24.5 Å². The molecule has 4 heterocycles. The van der Waals surface area contributed by atoms with Gasteiger partial charge in [0.2, 0.25) is 0 Å². The number of rotatable bonds is 4. The predicted octanol–water partition coefficient (Wildman–Crippen LogP) is 7.47. The maximum atomic E-state index is 14.4. The molecule has 0 aliphatic carbocycles. The van der Waals surface area contributed by atoms with E-state index in [1.807, 2.05) is 73.2 Å². The molecular weight excluding hydrogens is 671 g/mol. The summed E-state index contributed by atoms with van der Waals surface area (Å²) in [5.74, 6) is -0.661. The Morgan fingerprint density at radius 2 is 1.88 bits per heavy atom. The van der Waals surface area contributed by atoms with Crippen LogP contribution in [0.3, 0.4) is 0 Å². The van der Waals surface area contributed by atoms with E-state index in [2.05, 4.69) is 11.4 Å². The number of ether oxygens (including phenoxy) is 2. The zero-order valence-corrected chi connectivity index (χ0v) is 30.3. The van der Waals surface area contributed by atoms with Crippen molar-refractivity contribution in [2.75, 3.05) is 20.2 Å². The molecule has 266 valence electrons. The van der Waals surface area contributed by atoms with Crippen molar-refractivity contribution in [1.82, 2.24) is 29.4 Å². The Bertz CT molecular complexity index is 2290. The maximum absolute atomic E-state index is 14.4. The van der Waals surface area contributed by atoms with Gasteiger partial charge in [0, 0.05) is 64.5 Å². The van der Waals surface area contributed by atoms with Gasteiger partial charge in [0.15, 0.2) is 0 Å². The molecule has 3 aromatic carbocycles. The predicted molar refractivity (Wildman–Crippen MR) is 196 cm³/mol. The summed E-state index contributed by atoms with van der Waals surface area (Å²) in [6.45, 7) is 5.51. The highest BCUT2D eigenvalue weighted by atomic mass is 35.5. The lowest BCUT2D eigenvalue weighted by Crippen LogP contribution is -2.16. The molecule has 2 N–H and O–H groups in total. The fraction of sp³-hybridized carbons (Fsp3) is 0.359. The number of carboxylic acids is 1. The van der Waals surface area contributed by atoms with Crippen LogP contribution in [0, 0.1) is 19.7 Å². The Hall–Kier alpha value is -4.71. The summed E-state index contributed by atoms with van der Waals surface area (Å²) in [6.07, 6.45) is 2.17. The van der Waals surface area contributed by atoms with Crippen molar-refractivity contribution in [3.63, 3.8) is 0 Å². The second-order valence-corrected chi connectivity index (χ2v) is 13.7. The van der Waals surface area contributed by atoms with Crippen molar-refractivity contribution >= 4 is 39.2 Å². The van der Waals surface area contributed by atoms with Gasteiger partial charge in [-0.15, -0.1) is 0 Å². The number of nitrogens with zero attached hydrogens (tertiary/aromatic N) is 5. The van der Waals surface area contributed by atoms with E-state index in [1.165, 1.54) is 12.1 Å². The molecule has 0 radical (unpaired) electrons. The van der Waals surface area contributed by atoms with Gasteiger partial charge in [-0.1, -0.05) is 17.7 Å². The molecular formula is C39H42ClFN6O4. The SMILES string of the molecule is CNCCC1OCc2cc(n(C)n2)CCc2cc(c3ccc(F)cc3c2)OCCCn2c(C(=O)O)c(C)c3c(c(Cl)ccc32)-c2c1nn(C)c2C. The quantitative estimate of drug-likeness (QED) is 0.195. The number of carbonyl (C=O) groups is 1. The number of aromatic nitrogens is 5. The van der Waals surface area contributed by atoms with Crippen molar-refractivity contribution < 1.29 is 23.8 Å². The molecule has 7 rings (SSSR count). The smallest absolute Gasteiger partial charge is 0.352 e. The summed E-state index contributed by atoms with van der Waals surface area (Å²) in [7, 11) is 5.74. The first-order valence-corrected chi connectivity index (χ1v) is 17.6. The van der Waals surface area contributed by atoms with Crippen molar-refractivity contribution in [1.29, 1.82) is 0 Å². The van der Waals surface area contributed by atoms with E-state index < -0.39 is 12.1 Å². The highest BCUT2D eigenvalue weighted by Crippen LogP contribution is 2.44. The first-order valence-electron chi connectivity index (χ1n) is 17.3. The topological polar surface area (TPSA) is 108 Å². The summed E-state index contributed by atoms with van der Waals surface area (Å²) in [4.78, 5) is 12.9. The Kier molecular flexibility index (Phi) is 9.62. The summed E-state index contributed by atoms with van der Waals surface area (Å²) in [5.41, 5.74) is 7.67. The minimum absolute atomic E-state index is 0.204. The van der Waals surface area contributed by atoms with Crippen LogP contribution in [0.2, 0.25) is 5.02 Å². The molecule has 1 unspecified atom stereocenters. The third-order valence-corrected chi connectivity index (χ3v) is 10.4. The van der Waals surface area contributed by atoms with Crippen LogP contribution in [0.1, 0.15) is 63.3 Å². The Balaban J connectivity index is 1.40. The van der Waals surface area contributed by atoms with E-state index in [1.54, 1.807) is 6.07 Å². The van der Waals surface area contributed by atoms with Gasteiger partial charge >= 0.3 is 5.97 Å². The first-order chi connectivity index (χ1) is 24.5. The summed E-state index contributed by atoms with van der Waals surface area (Å²) < 4.78 is 33.0. The number of carboxylic acid groups (broad SMARTS) is 1. The van der Waals surface area contributed by atoms with Crippen molar-refractivity contribution in [2.24, 2.45) is 14.1 Å². The van der Waals surface area contributed by atoms with Crippen LogP contribution in [-0.2, 0) is 44.8 Å². The highest BCUT2D eigenvalue weighted by molar-refractivity contribution is 6.35. The normalized spacial score (nSPS) is 15.5. The number of aryl methyl sites for hydroxylation is 6. The lowest BCUT2D eigenvalue weighted by Gasteiger charge is -2.19. The van der Waals surface area contributed by atoms with E-state index in [9.17, 15) is 14.3 Å². The second-order valence-electron chi connectivity index (χ2n) is 13.3. The van der Waals surface area contributed by atoms with E-state index in [0.717, 1.165) is 61.1 Å². The average Bonchev–Trinajstić information content (AvgIpc) is 3.70. The lowest BCUT2D eigenvalue weighted by atomic mass is 9.94. The van der Waals surface area contributed by atoms with E-state index in [0.29, 0.717) is 61.7 Å². The van der Waals surface area contributed by atoms with E-state index >= 15 is 0 Å². The van der Waals surface area contributed by atoms with Crippen LogP contribution in [-0.4, -0.2) is 55.4 Å². The molecule has 12 heteroatoms. The third-order valence-electron chi connectivity index (χ3n) is 10.0. The second kappa shape index (κ2) is 14.1. The van der Waals surface area contributed by atoms with E-state index in [4.69, 9.17) is 31.3 Å². The Labute approximate surface area is 300 Å². The fourth-order valence-corrected chi connectivity index (χ4v) is 7.73. The molecule has 10 nitrogen and oxygen atoms in total. The average molecular weight is 713 g/mol. The molecule has 8 bridgehead atoms. The molecule has 0 spiro atoms. The van der Waals surface area contributed by atoms with Crippen molar-refractivity contribution in [2.45, 2.75) is 58.8 Å². The molecule has 51 heavy (non-hydrogen) atoms. The van der Waals surface area contributed by atoms with Gasteiger partial charge in [-0.05, 0) is 112 Å². The summed E-state index contributed by atoms with van der Waals surface area (Å²) >= 11 is 7.08. The van der Waals surface area contributed by atoms with E-state index in [-0.39, 0.29) is 18.1 Å². The number of fused-ring (bicyclic) bond motifs is 8. The zero-order valence-electron chi connectivity index (χ0n) is 29.5. The molecule has 1 aliphatic rings. The van der Waals surface area contributed by atoms with Crippen LogP contribution in [0.25, 0.3) is 32.8 Å². The minimum Gasteiger partial charge on any atom is -0.493 e. The standard InChI is InChI=1S/C39H42ClFN6O4/c1-22-34-31-12-11-30(40)36(34)35-23(2)45(4)44-37(35)32(13-14-42-3)51-21-27-20-28(46(5)43-27)9-7-24-17-25-19-26(41)8-10-29(25)33(18-24)50-16-6-15-47(31)38(22)39(48)49/h8,10-12,17-20,32,42H,6-7,9,13-16,21H2,1-5H3,(H,48,49). The van der Waals surface area contributed by atoms with Gasteiger partial charge in [0.25, 0.3) is 0 Å². The maximum Gasteiger partial charge on any atom is 0.352 e. The first kappa shape index (κ1) is 34.7. The summed E-state index contributed by atoms with van der Waals surface area (Å²) in [6, 6.07) is 14.5. The van der Waals surface area contributed by atoms with Crippen molar-refractivity contribution in [3.05, 3.63) is 99.0 Å². The minimum atomic E-state index is -1.02. The lowest BCUT2D eigenvalue weighted by molar-refractivity contribution is 0.0296. The molecule has 0 amide bonds. The Morgan fingerprint density at radius 1 is 1.06 bits per heavy atom. The number of aromatic carboxylic acids is 1. The van der Waals surface area contributed by atoms with Crippen molar-refractivity contribution in [3.8, 4) is 16.9 Å². The number of nitrogens with one attached hydrogen (secondary N) is 1. The van der Waals surface area contributed by atoms with Crippen LogP contribution < -0.4 is 10.1 Å². The van der Waals surface area contributed by atoms with Gasteiger partial charge in [-0.3, -0.25) is 9.36 Å². The van der Waals surface area contributed by atoms with Crippen LogP contribution >= 0.6 is 11.6 Å². The van der Waals surface area contributed by atoms with Crippen LogP contribution in [0.5, 0.6) is 5.75 Å². The molecule has 1 aliphatic heterocycles. The van der Waals surface area contributed by atoms with Crippen LogP contribution in [0.4, 0.5) is 4.39 Å². The fourth-order valence-electron chi connectivity index (χ4n) is 7.47. The number of hydrogen-bond donors (Lipinski definition) is 2. The molecule has 6 aromatic rings. The zero-order chi connectivity index (χ0) is 36.0. The largest absolute Gasteiger partial charge is 0.493 e. The Morgan fingerprint density at radius 3 is 2.67 bits per heavy atom. The van der Waals surface area contributed by atoms with Gasteiger partial charge in [-0.2, -0.15) is 10.2 Å². The van der Waals surface area contributed by atoms with Gasteiger partial charge in [0.05, 0.1) is 24.6 Å². The number of benzene rings is 3. The monoisotopic (exact) mass is 712 g/mol. The number of hydrogen-bond acceptors (Lipinski definition) is 6. The number of halogens is 2. The third kappa shape index (κ3) is 6.50. The van der Waals surface area contributed by atoms with Gasteiger partial charge in [-0.25, -0.2) is 9.18 Å². The summed E-state index contributed by atoms with van der Waals surface area (Å²) in [5, 5.41) is 26.4. The van der Waals surface area contributed by atoms with Crippen LogP contribution in [0.15, 0.2) is 48.5 Å².